The second-order valence-electron chi connectivity index (χ2n) is 23.0. The maximum Gasteiger partial charge on any atom is 0.410 e. The van der Waals surface area contributed by atoms with Crippen molar-refractivity contribution in [3.63, 3.8) is 0 Å². The lowest BCUT2D eigenvalue weighted by atomic mass is 9.98. The number of carbonyl (C=O) groups is 6. The molecule has 0 aromatic heterocycles. The number of likely N-dealkylation sites (tertiary alicyclic amines) is 2. The molecule has 448 valence electrons. The lowest BCUT2D eigenvalue weighted by molar-refractivity contribution is -0.146. The molecular weight excluding hydrogens is 1120 g/mol. The summed E-state index contributed by atoms with van der Waals surface area (Å²) in [6.07, 6.45) is 2.58. The summed E-state index contributed by atoms with van der Waals surface area (Å²) in [6.45, 7) is 8.24. The molecule has 4 atom stereocenters. The standard InChI is InChI=1S/2C34H37N3O5S/c2*1-34(2,32(39)35-28(31(38)41-3)20-22-12-5-4-6-13-22)36-30(43)29-18-11-19-37(29)33(40)42-21-27-25-16-9-7-14-23(25)24-15-8-10-17-26(24)27/h2*4-10,12-17,27-29H,11,18-21H2,1-3H3,(H,35,39)(H,36,43)/t2*28-,29+/m00/s1. The van der Waals surface area contributed by atoms with Gasteiger partial charge in [-0.05, 0) is 109 Å². The van der Waals surface area contributed by atoms with Crippen LogP contribution in [0.15, 0.2) is 158 Å². The molecule has 18 heteroatoms. The Hall–Kier alpha value is -8.48. The quantitative estimate of drug-likeness (QED) is 0.0361. The van der Waals surface area contributed by atoms with E-state index < -0.39 is 71.2 Å². The maximum absolute atomic E-state index is 13.4. The second kappa shape index (κ2) is 27.7. The summed E-state index contributed by atoms with van der Waals surface area (Å²) in [4.78, 5) is 82.4. The SMILES string of the molecule is COC(=O)[C@H](Cc1ccccc1)NC(=O)C(C)(C)NC(=S)[C@H]1CCCN1C(=O)OCC1c2ccccc2-c2ccccc21.COC(=O)[C@H](Cc1ccccc1)NC(=O)C(C)(C)NC(=S)[C@H]1CCCN1C(=O)OCC1c2ccccc2-c2ccccc21. The summed E-state index contributed by atoms with van der Waals surface area (Å²) in [6, 6.07) is 49.2. The molecule has 6 aromatic carbocycles. The highest BCUT2D eigenvalue weighted by Crippen LogP contribution is 2.46. The first kappa shape index (κ1) is 62.1. The highest BCUT2D eigenvalue weighted by atomic mass is 32.1. The fourth-order valence-electron chi connectivity index (χ4n) is 11.8. The summed E-state index contributed by atoms with van der Waals surface area (Å²) in [5.41, 5.74) is 8.75. The summed E-state index contributed by atoms with van der Waals surface area (Å²) >= 11 is 11.5. The number of benzene rings is 6. The number of hydrogen-bond acceptors (Lipinski definition) is 12. The predicted octanol–water partition coefficient (Wildman–Crippen LogP) is 9.99. The van der Waals surface area contributed by atoms with Gasteiger partial charge in [-0.1, -0.05) is 182 Å². The number of esters is 2. The van der Waals surface area contributed by atoms with Crippen LogP contribution in [-0.4, -0.2) is 131 Å². The van der Waals surface area contributed by atoms with E-state index >= 15 is 0 Å². The van der Waals surface area contributed by atoms with Crippen molar-refractivity contribution in [2.24, 2.45) is 0 Å². The van der Waals surface area contributed by atoms with Crippen LogP contribution in [0.25, 0.3) is 22.3 Å². The Morgan fingerprint density at radius 1 is 0.477 bits per heavy atom. The van der Waals surface area contributed by atoms with Crippen molar-refractivity contribution in [2.45, 2.75) is 113 Å². The minimum absolute atomic E-state index is 0.0382. The van der Waals surface area contributed by atoms with Gasteiger partial charge in [0.25, 0.3) is 0 Å². The molecule has 2 saturated heterocycles. The molecule has 2 aliphatic heterocycles. The molecule has 4 amide bonds. The van der Waals surface area contributed by atoms with Gasteiger partial charge >= 0.3 is 24.1 Å². The number of ether oxygens (including phenoxy) is 4. The van der Waals surface area contributed by atoms with Gasteiger partial charge in [0.05, 0.1) is 36.3 Å². The highest BCUT2D eigenvalue weighted by Gasteiger charge is 2.41. The first-order valence-electron chi connectivity index (χ1n) is 29.1. The Labute approximate surface area is 513 Å². The molecule has 2 heterocycles. The minimum Gasteiger partial charge on any atom is -0.467 e. The van der Waals surface area contributed by atoms with Crippen LogP contribution in [0.3, 0.4) is 0 Å². The van der Waals surface area contributed by atoms with Gasteiger partial charge in [0.15, 0.2) is 0 Å². The van der Waals surface area contributed by atoms with Crippen molar-refractivity contribution < 1.29 is 47.7 Å². The van der Waals surface area contributed by atoms with Gasteiger partial charge in [-0.15, -0.1) is 0 Å². The van der Waals surface area contributed by atoms with Crippen LogP contribution in [0.2, 0.25) is 0 Å². The molecule has 0 bridgehead atoms. The number of hydrogen-bond donors (Lipinski definition) is 4. The number of amides is 4. The van der Waals surface area contributed by atoms with E-state index in [1.807, 2.05) is 109 Å². The number of nitrogens with one attached hydrogen (secondary N) is 4. The van der Waals surface area contributed by atoms with Crippen LogP contribution in [0.5, 0.6) is 0 Å². The third-order valence-electron chi connectivity index (χ3n) is 16.4. The average Bonchev–Trinajstić information content (AvgIpc) is 3.53. The third-order valence-corrected chi connectivity index (χ3v) is 17.2. The number of rotatable bonds is 18. The molecule has 0 unspecified atom stereocenters. The van der Waals surface area contributed by atoms with Crippen molar-refractivity contribution in [2.75, 3.05) is 40.5 Å². The van der Waals surface area contributed by atoms with Crippen molar-refractivity contribution in [3.8, 4) is 22.3 Å². The maximum atomic E-state index is 13.4. The minimum atomic E-state index is -1.16. The molecule has 0 saturated carbocycles. The summed E-state index contributed by atoms with van der Waals surface area (Å²) in [5.74, 6) is -1.97. The van der Waals surface area contributed by atoms with Gasteiger partial charge in [-0.25, -0.2) is 19.2 Å². The molecule has 16 nitrogen and oxygen atoms in total. The van der Waals surface area contributed by atoms with Crippen LogP contribution in [0, 0.1) is 0 Å². The monoisotopic (exact) mass is 1200 g/mol. The number of thiocarbonyl (C=S) groups is 2. The first-order chi connectivity index (χ1) is 41.4. The van der Waals surface area contributed by atoms with Crippen LogP contribution < -0.4 is 21.3 Å². The topological polar surface area (TPSA) is 194 Å². The van der Waals surface area contributed by atoms with E-state index in [1.165, 1.54) is 36.5 Å². The Bertz CT molecular complexity index is 3150. The predicted molar refractivity (Wildman–Crippen MR) is 337 cm³/mol. The van der Waals surface area contributed by atoms with E-state index in [0.717, 1.165) is 46.2 Å². The zero-order chi connectivity index (χ0) is 61.1. The molecule has 4 N–H and O–H groups in total. The summed E-state index contributed by atoms with van der Waals surface area (Å²) < 4.78 is 21.7. The van der Waals surface area contributed by atoms with Gasteiger partial charge in [-0.2, -0.15) is 0 Å². The fourth-order valence-corrected chi connectivity index (χ4v) is 12.8. The van der Waals surface area contributed by atoms with Crippen LogP contribution >= 0.6 is 24.4 Å². The molecule has 4 aliphatic rings. The highest BCUT2D eigenvalue weighted by molar-refractivity contribution is 7.80. The number of methoxy groups -OCH3 is 2. The molecule has 6 aromatic rings. The van der Waals surface area contributed by atoms with Crippen molar-refractivity contribution in [1.29, 1.82) is 0 Å². The zero-order valence-electron chi connectivity index (χ0n) is 49.3. The second-order valence-corrected chi connectivity index (χ2v) is 23.9. The Morgan fingerprint density at radius 2 is 0.779 bits per heavy atom. The normalized spacial score (nSPS) is 16.5. The van der Waals surface area contributed by atoms with Gasteiger partial charge in [0.2, 0.25) is 11.8 Å². The van der Waals surface area contributed by atoms with Crippen molar-refractivity contribution >= 4 is 70.4 Å². The molecule has 10 rings (SSSR count). The number of nitrogens with zero attached hydrogens (tertiary/aromatic N) is 2. The lowest BCUT2D eigenvalue weighted by Crippen LogP contribution is -2.60. The van der Waals surface area contributed by atoms with Crippen molar-refractivity contribution in [1.82, 2.24) is 31.1 Å². The Morgan fingerprint density at radius 3 is 1.09 bits per heavy atom. The van der Waals surface area contributed by atoms with Gasteiger partial charge in [0.1, 0.15) is 36.4 Å². The van der Waals surface area contributed by atoms with Gasteiger partial charge < -0.3 is 40.2 Å². The first-order valence-corrected chi connectivity index (χ1v) is 29.9. The van der Waals surface area contributed by atoms with Crippen LogP contribution in [-0.2, 0) is 51.0 Å². The van der Waals surface area contributed by atoms with E-state index in [-0.39, 0.29) is 37.9 Å². The average molecular weight is 1200 g/mol. The molecule has 0 radical (unpaired) electrons. The lowest BCUT2D eigenvalue weighted by Gasteiger charge is -2.32. The van der Waals surface area contributed by atoms with E-state index in [1.54, 1.807) is 37.5 Å². The van der Waals surface area contributed by atoms with Crippen molar-refractivity contribution in [3.05, 3.63) is 191 Å². The Balaban J connectivity index is 0.000000205. The smallest absolute Gasteiger partial charge is 0.410 e. The fraction of sp³-hybridized carbons (Fsp3) is 0.353. The molecular formula is C68H74N6O10S2. The summed E-state index contributed by atoms with van der Waals surface area (Å²) in [7, 11) is 2.59. The van der Waals surface area contributed by atoms with Gasteiger partial charge in [-0.3, -0.25) is 19.4 Å². The number of fused-ring (bicyclic) bond motifs is 6. The molecule has 2 fully saturated rings. The van der Waals surface area contributed by atoms with E-state index in [2.05, 4.69) is 69.8 Å². The molecule has 86 heavy (non-hydrogen) atoms. The molecule has 0 spiro atoms. The largest absolute Gasteiger partial charge is 0.467 e. The molecule has 2 aliphatic carbocycles. The van der Waals surface area contributed by atoms with E-state index in [9.17, 15) is 28.8 Å². The Kier molecular flexibility index (Phi) is 20.0. The van der Waals surface area contributed by atoms with E-state index in [0.29, 0.717) is 35.9 Å². The summed E-state index contributed by atoms with van der Waals surface area (Å²) in [5, 5.41) is 11.9. The van der Waals surface area contributed by atoms with Crippen LogP contribution in [0.1, 0.15) is 98.6 Å². The number of carbonyl (C=O) groups excluding carboxylic acids is 6. The third kappa shape index (κ3) is 14.3. The van der Waals surface area contributed by atoms with Crippen LogP contribution in [0.4, 0.5) is 9.59 Å². The van der Waals surface area contributed by atoms with Gasteiger partial charge in [0, 0.05) is 37.8 Å². The zero-order valence-corrected chi connectivity index (χ0v) is 51.0. The van der Waals surface area contributed by atoms with E-state index in [4.69, 9.17) is 43.4 Å².